The molecule has 0 aliphatic carbocycles. The van der Waals surface area contributed by atoms with Gasteiger partial charge in [0.05, 0.1) is 0 Å². The Morgan fingerprint density at radius 1 is 0.762 bits per heavy atom. The topological polar surface area (TPSA) is 91.2 Å². The molecule has 2 aromatic carbocycles. The van der Waals surface area contributed by atoms with Gasteiger partial charge in [-0.15, -0.1) is 0 Å². The van der Waals surface area contributed by atoms with Gasteiger partial charge in [0.2, 0.25) is 0 Å². The average Bonchev–Trinajstić information content (AvgIpc) is 2.84. The summed E-state index contributed by atoms with van der Waals surface area (Å²) in [5.74, 6) is 0. The van der Waals surface area contributed by atoms with Crippen LogP contribution in [0.25, 0.3) is 21.9 Å². The van der Waals surface area contributed by atoms with Gasteiger partial charge in [-0.2, -0.15) is 0 Å². The molecule has 0 bridgehead atoms. The van der Waals surface area contributed by atoms with Crippen molar-refractivity contribution in [2.75, 3.05) is 13.1 Å². The summed E-state index contributed by atoms with van der Waals surface area (Å²) >= 11 is 0. The normalized spacial score (nSPS) is 11.6. The van der Waals surface area contributed by atoms with E-state index >= 15 is 0 Å². The van der Waals surface area contributed by atoms with Crippen molar-refractivity contribution in [3.05, 3.63) is 47.0 Å². The van der Waals surface area contributed by atoms with E-state index in [4.69, 9.17) is 21.6 Å². The number of furan rings is 1. The van der Waals surface area contributed by atoms with Gasteiger partial charge in [-0.05, 0) is 60.8 Å². The predicted molar refractivity (Wildman–Crippen MR) is 87.1 cm³/mol. The summed E-state index contributed by atoms with van der Waals surface area (Å²) in [6, 6.07) is 10.4. The molecule has 21 heavy (non-hydrogen) atoms. The number of hydrogen-bond acceptors (Lipinski definition) is 4. The van der Waals surface area contributed by atoms with Gasteiger partial charge in [0.1, 0.15) is 11.2 Å². The van der Waals surface area contributed by atoms with E-state index in [1.807, 2.05) is 12.1 Å². The summed E-state index contributed by atoms with van der Waals surface area (Å²) in [5.41, 5.74) is 22.5. The summed E-state index contributed by atoms with van der Waals surface area (Å²) in [6.45, 7) is 1.78. The van der Waals surface area contributed by atoms with Gasteiger partial charge >= 0.3 is 0 Å². The first-order valence-corrected chi connectivity index (χ1v) is 7.34. The van der Waals surface area contributed by atoms with Crippen LogP contribution in [0.1, 0.15) is 16.7 Å². The van der Waals surface area contributed by atoms with E-state index in [0.717, 1.165) is 40.3 Å². The Kier molecular flexibility index (Phi) is 3.92. The minimum absolute atomic E-state index is 0.518. The van der Waals surface area contributed by atoms with Crippen molar-refractivity contribution in [1.29, 1.82) is 0 Å². The Balaban J connectivity index is 2.23. The molecule has 1 aromatic heterocycles. The summed E-state index contributed by atoms with van der Waals surface area (Å²) in [5, 5.41) is 2.26. The van der Waals surface area contributed by atoms with Crippen molar-refractivity contribution in [3.8, 4) is 0 Å². The van der Waals surface area contributed by atoms with Crippen molar-refractivity contribution in [3.63, 3.8) is 0 Å². The average molecular weight is 283 g/mol. The van der Waals surface area contributed by atoms with Gasteiger partial charge in [-0.25, -0.2) is 0 Å². The lowest BCUT2D eigenvalue weighted by Gasteiger charge is -2.07. The van der Waals surface area contributed by atoms with Crippen molar-refractivity contribution in [1.82, 2.24) is 0 Å². The first kappa shape index (κ1) is 14.1. The largest absolute Gasteiger partial charge is 0.456 e. The monoisotopic (exact) mass is 283 g/mol. The van der Waals surface area contributed by atoms with Crippen LogP contribution in [0.15, 0.2) is 34.7 Å². The highest BCUT2D eigenvalue weighted by molar-refractivity contribution is 6.05. The maximum atomic E-state index is 5.99. The summed E-state index contributed by atoms with van der Waals surface area (Å²) in [6.07, 6.45) is 1.70. The second kappa shape index (κ2) is 5.85. The number of rotatable bonds is 5. The van der Waals surface area contributed by atoms with Crippen LogP contribution in [0, 0.1) is 0 Å². The van der Waals surface area contributed by atoms with Crippen LogP contribution in [-0.2, 0) is 19.4 Å². The number of nitrogens with two attached hydrogens (primary N) is 3. The lowest BCUT2D eigenvalue weighted by Crippen LogP contribution is -2.09. The molecule has 0 aliphatic heterocycles. The van der Waals surface area contributed by atoms with Crippen LogP contribution in [0.5, 0.6) is 0 Å². The molecule has 0 saturated heterocycles. The molecular formula is C17H21N3O. The summed E-state index contributed by atoms with van der Waals surface area (Å²) in [7, 11) is 0. The fourth-order valence-electron chi connectivity index (χ4n) is 2.86. The smallest absolute Gasteiger partial charge is 0.135 e. The Bertz CT molecular complexity index is 776. The molecule has 0 atom stereocenters. The Morgan fingerprint density at radius 2 is 1.43 bits per heavy atom. The van der Waals surface area contributed by atoms with Crippen LogP contribution in [-0.4, -0.2) is 13.1 Å². The van der Waals surface area contributed by atoms with Crippen LogP contribution in [0.4, 0.5) is 0 Å². The first-order valence-electron chi connectivity index (χ1n) is 7.34. The molecule has 3 rings (SSSR count). The van der Waals surface area contributed by atoms with Crippen molar-refractivity contribution in [2.24, 2.45) is 17.2 Å². The lowest BCUT2D eigenvalue weighted by molar-refractivity contribution is 0.667. The Morgan fingerprint density at radius 3 is 2.10 bits per heavy atom. The molecular weight excluding hydrogens is 262 g/mol. The fourth-order valence-corrected chi connectivity index (χ4v) is 2.86. The van der Waals surface area contributed by atoms with Crippen LogP contribution in [0.2, 0.25) is 0 Å². The van der Waals surface area contributed by atoms with E-state index in [-0.39, 0.29) is 0 Å². The van der Waals surface area contributed by atoms with Crippen molar-refractivity contribution in [2.45, 2.75) is 19.4 Å². The molecule has 0 radical (unpaired) electrons. The third-order valence-electron chi connectivity index (χ3n) is 3.92. The number of hydrogen-bond donors (Lipinski definition) is 3. The molecule has 1 heterocycles. The maximum Gasteiger partial charge on any atom is 0.135 e. The van der Waals surface area contributed by atoms with Gasteiger partial charge in [-0.1, -0.05) is 12.1 Å². The molecule has 0 unspecified atom stereocenters. The molecule has 0 amide bonds. The molecule has 0 spiro atoms. The van der Waals surface area contributed by atoms with E-state index in [1.54, 1.807) is 0 Å². The molecule has 110 valence electrons. The zero-order valence-electron chi connectivity index (χ0n) is 12.1. The zero-order chi connectivity index (χ0) is 14.8. The van der Waals surface area contributed by atoms with E-state index in [0.29, 0.717) is 19.6 Å². The van der Waals surface area contributed by atoms with Gasteiger partial charge in [0.25, 0.3) is 0 Å². The van der Waals surface area contributed by atoms with Crippen molar-refractivity contribution >= 4 is 21.9 Å². The quantitative estimate of drug-likeness (QED) is 0.668. The first-order chi connectivity index (χ1) is 10.3. The third-order valence-corrected chi connectivity index (χ3v) is 3.92. The highest BCUT2D eigenvalue weighted by Crippen LogP contribution is 2.32. The number of fused-ring (bicyclic) bond motifs is 3. The predicted octanol–water partition coefficient (Wildman–Crippen LogP) is 2.05. The van der Waals surface area contributed by atoms with Crippen LogP contribution in [0.3, 0.4) is 0 Å². The van der Waals surface area contributed by atoms with E-state index in [1.165, 1.54) is 11.1 Å². The maximum absolute atomic E-state index is 5.99. The van der Waals surface area contributed by atoms with E-state index in [2.05, 4.69) is 18.2 Å². The van der Waals surface area contributed by atoms with Crippen LogP contribution >= 0.6 is 0 Å². The molecule has 4 nitrogen and oxygen atoms in total. The van der Waals surface area contributed by atoms with Gasteiger partial charge in [-0.3, -0.25) is 0 Å². The fraction of sp³-hybridized carbons (Fsp3) is 0.294. The number of benzene rings is 2. The SMILES string of the molecule is NCCc1cc2oc3cc(CN)ccc3c2cc1CCN. The minimum Gasteiger partial charge on any atom is -0.456 e. The molecule has 0 fully saturated rings. The molecule has 6 N–H and O–H groups in total. The van der Waals surface area contributed by atoms with E-state index < -0.39 is 0 Å². The molecule has 3 aromatic rings. The second-order valence-corrected chi connectivity index (χ2v) is 5.33. The highest BCUT2D eigenvalue weighted by Gasteiger charge is 2.11. The van der Waals surface area contributed by atoms with Gasteiger partial charge in [0.15, 0.2) is 0 Å². The zero-order valence-corrected chi connectivity index (χ0v) is 12.1. The lowest BCUT2D eigenvalue weighted by atomic mass is 9.98. The second-order valence-electron chi connectivity index (χ2n) is 5.33. The van der Waals surface area contributed by atoms with Crippen molar-refractivity contribution < 1.29 is 4.42 Å². The Labute approximate surface area is 123 Å². The molecule has 0 saturated carbocycles. The van der Waals surface area contributed by atoms with E-state index in [9.17, 15) is 0 Å². The molecule has 0 aliphatic rings. The van der Waals surface area contributed by atoms with Gasteiger partial charge in [0, 0.05) is 17.3 Å². The third kappa shape index (κ3) is 2.53. The minimum atomic E-state index is 0.518. The van der Waals surface area contributed by atoms with Gasteiger partial charge < -0.3 is 21.6 Å². The Hall–Kier alpha value is -1.88. The summed E-state index contributed by atoms with van der Waals surface area (Å²) < 4.78 is 5.99. The molecule has 4 heteroatoms. The van der Waals surface area contributed by atoms with Crippen LogP contribution < -0.4 is 17.2 Å². The highest BCUT2D eigenvalue weighted by atomic mass is 16.3. The summed E-state index contributed by atoms with van der Waals surface area (Å²) in [4.78, 5) is 0. The standard InChI is InChI=1S/C17H21N3O/c18-5-3-12-8-15-14-2-1-11(10-20)7-16(14)21-17(15)9-13(12)4-6-19/h1-2,7-9H,3-6,10,18-20H2.